The number of fused-ring (bicyclic) bond motifs is 2. The molecule has 1 atom stereocenters. The predicted molar refractivity (Wildman–Crippen MR) is 208 cm³/mol. The maximum atomic E-state index is 13.1. The van der Waals surface area contributed by atoms with Crippen molar-refractivity contribution in [2.75, 3.05) is 18.5 Å². The number of benzene rings is 2. The molecule has 1 aliphatic heterocycles. The summed E-state index contributed by atoms with van der Waals surface area (Å²) in [5.74, 6) is 4.67. The number of amides is 3. The quantitative estimate of drug-likeness (QED) is 0.160. The Balaban J connectivity index is 1.05. The highest BCUT2D eigenvalue weighted by Gasteiger charge is 2.30. The van der Waals surface area contributed by atoms with Crippen molar-refractivity contribution in [1.29, 1.82) is 5.26 Å². The summed E-state index contributed by atoms with van der Waals surface area (Å²) in [6, 6.07) is 15.2. The van der Waals surface area contributed by atoms with E-state index >= 15 is 0 Å². The molecule has 3 amide bonds. The molecule has 0 radical (unpaired) electrons. The Bertz CT molecular complexity index is 2740. The third-order valence-electron chi connectivity index (χ3n) is 10.1. The molecule has 0 spiro atoms. The molecule has 2 aromatic carbocycles. The molecule has 0 bridgehead atoms. The summed E-state index contributed by atoms with van der Waals surface area (Å²) in [5, 5.41) is 16.1. The predicted octanol–water partition coefficient (Wildman–Crippen LogP) is 5.45. The molecule has 5 heterocycles. The van der Waals surface area contributed by atoms with Crippen LogP contribution in [0.5, 0.6) is 0 Å². The Hall–Kier alpha value is -6.99. The van der Waals surface area contributed by atoms with Crippen LogP contribution in [0.3, 0.4) is 0 Å². The van der Waals surface area contributed by atoms with E-state index in [4.69, 9.17) is 4.42 Å². The van der Waals surface area contributed by atoms with Crippen molar-refractivity contribution in [3.63, 3.8) is 0 Å². The summed E-state index contributed by atoms with van der Waals surface area (Å²) in [6.45, 7) is 6.01. The number of piperidine rings is 1. The number of hydrogen-bond donors (Lipinski definition) is 2. The highest BCUT2D eigenvalue weighted by Crippen LogP contribution is 2.35. The van der Waals surface area contributed by atoms with E-state index in [1.54, 1.807) is 66.9 Å². The summed E-state index contributed by atoms with van der Waals surface area (Å²) in [6.07, 6.45) is 5.44. The number of nitrogens with zero attached hydrogens (tertiary/aromatic N) is 6. The number of pyridine rings is 2. The summed E-state index contributed by atoms with van der Waals surface area (Å²) >= 11 is 0. The van der Waals surface area contributed by atoms with Gasteiger partial charge in [-0.3, -0.25) is 38.8 Å². The lowest BCUT2D eigenvalue weighted by Crippen LogP contribution is -2.39. The lowest BCUT2D eigenvalue weighted by molar-refractivity contribution is -0.134. The Labute approximate surface area is 316 Å². The fourth-order valence-corrected chi connectivity index (χ4v) is 7.09. The minimum atomic E-state index is -0.481. The Kier molecular flexibility index (Phi) is 9.55. The van der Waals surface area contributed by atoms with Crippen molar-refractivity contribution in [2.24, 2.45) is 14.1 Å². The molecule has 0 aliphatic carbocycles. The van der Waals surface area contributed by atoms with E-state index in [1.165, 1.54) is 6.20 Å². The van der Waals surface area contributed by atoms with E-state index < -0.39 is 11.8 Å². The van der Waals surface area contributed by atoms with Gasteiger partial charge < -0.3 is 14.6 Å². The zero-order chi connectivity index (χ0) is 39.1. The van der Waals surface area contributed by atoms with Crippen LogP contribution in [0.15, 0.2) is 70.3 Å². The molecular formula is C42H38N8O5. The maximum absolute atomic E-state index is 13.1. The molecule has 276 valence electrons. The third-order valence-corrected chi connectivity index (χ3v) is 10.1. The SMILES string of the molecule is Cc1cc(-c2ncc(N(C)c3cc(C(C)C)c4c(c3)n(C)c(=O)n4C)cc2C#N)cnc1C(=O)NCC#Cc1ccc2occ(C3CCC(=O)NC3=O)c2c1. The Morgan fingerprint density at radius 2 is 1.87 bits per heavy atom. The molecule has 4 aromatic heterocycles. The normalized spacial score (nSPS) is 14.1. The number of hydrogen-bond acceptors (Lipinski definition) is 9. The number of nitriles is 1. The van der Waals surface area contributed by atoms with Crippen LogP contribution in [0.2, 0.25) is 0 Å². The van der Waals surface area contributed by atoms with Gasteiger partial charge in [0.15, 0.2) is 0 Å². The summed E-state index contributed by atoms with van der Waals surface area (Å²) in [7, 11) is 5.43. The fraction of sp³-hybridized carbons (Fsp3) is 0.262. The van der Waals surface area contributed by atoms with Gasteiger partial charge >= 0.3 is 5.69 Å². The zero-order valence-corrected chi connectivity index (χ0v) is 31.3. The van der Waals surface area contributed by atoms with Gasteiger partial charge in [-0.05, 0) is 72.9 Å². The summed E-state index contributed by atoms with van der Waals surface area (Å²) in [5.41, 5.74) is 8.39. The number of aryl methyl sites for hydroxylation is 3. The van der Waals surface area contributed by atoms with E-state index in [-0.39, 0.29) is 42.1 Å². The first kappa shape index (κ1) is 36.4. The van der Waals surface area contributed by atoms with Crippen LogP contribution in [0.1, 0.15) is 76.8 Å². The van der Waals surface area contributed by atoms with Crippen LogP contribution in [-0.4, -0.2) is 50.4 Å². The number of imide groups is 1. The van der Waals surface area contributed by atoms with E-state index in [0.717, 1.165) is 27.7 Å². The average Bonchev–Trinajstić information content (AvgIpc) is 3.69. The van der Waals surface area contributed by atoms with Crippen molar-refractivity contribution in [3.05, 3.63) is 105 Å². The second kappa shape index (κ2) is 14.4. The molecule has 6 aromatic rings. The van der Waals surface area contributed by atoms with Crippen LogP contribution < -0.4 is 21.2 Å². The van der Waals surface area contributed by atoms with E-state index in [9.17, 15) is 24.4 Å². The summed E-state index contributed by atoms with van der Waals surface area (Å²) in [4.78, 5) is 60.9. The van der Waals surface area contributed by atoms with Crippen LogP contribution in [0.4, 0.5) is 11.4 Å². The van der Waals surface area contributed by atoms with Gasteiger partial charge in [0.2, 0.25) is 11.8 Å². The van der Waals surface area contributed by atoms with Gasteiger partial charge in [0.1, 0.15) is 17.3 Å². The summed E-state index contributed by atoms with van der Waals surface area (Å²) < 4.78 is 8.96. The van der Waals surface area contributed by atoms with Crippen LogP contribution >= 0.6 is 0 Å². The maximum Gasteiger partial charge on any atom is 0.328 e. The largest absolute Gasteiger partial charge is 0.464 e. The van der Waals surface area contributed by atoms with E-state index in [1.807, 2.05) is 24.1 Å². The molecule has 2 N–H and O–H groups in total. The van der Waals surface area contributed by atoms with Crippen molar-refractivity contribution >= 4 is 51.1 Å². The van der Waals surface area contributed by atoms with Crippen molar-refractivity contribution in [2.45, 2.75) is 45.4 Å². The topological polar surface area (TPSA) is 168 Å². The molecule has 0 saturated carbocycles. The van der Waals surface area contributed by atoms with Crippen molar-refractivity contribution in [1.82, 2.24) is 29.7 Å². The second-order valence-corrected chi connectivity index (χ2v) is 14.0. The Morgan fingerprint density at radius 1 is 1.07 bits per heavy atom. The number of aromatic nitrogens is 4. The number of carbonyl (C=O) groups is 3. The monoisotopic (exact) mass is 734 g/mol. The van der Waals surface area contributed by atoms with Gasteiger partial charge in [0.05, 0.1) is 52.9 Å². The molecule has 1 fully saturated rings. The minimum Gasteiger partial charge on any atom is -0.464 e. The lowest BCUT2D eigenvalue weighted by atomic mass is 9.90. The number of furan rings is 1. The van der Waals surface area contributed by atoms with E-state index in [2.05, 4.69) is 58.4 Å². The Morgan fingerprint density at radius 3 is 2.60 bits per heavy atom. The third kappa shape index (κ3) is 6.72. The zero-order valence-electron chi connectivity index (χ0n) is 31.3. The van der Waals surface area contributed by atoms with Crippen molar-refractivity contribution < 1.29 is 18.8 Å². The number of nitrogens with one attached hydrogen (secondary N) is 2. The molecule has 13 nitrogen and oxygen atoms in total. The first-order valence-electron chi connectivity index (χ1n) is 17.8. The van der Waals surface area contributed by atoms with Gasteiger partial charge in [-0.2, -0.15) is 5.26 Å². The lowest BCUT2D eigenvalue weighted by Gasteiger charge is -2.22. The van der Waals surface area contributed by atoms with E-state index in [0.29, 0.717) is 51.2 Å². The molecule has 13 heteroatoms. The van der Waals surface area contributed by atoms with Crippen LogP contribution in [0, 0.1) is 30.1 Å². The van der Waals surface area contributed by atoms with Crippen LogP contribution in [0.25, 0.3) is 33.3 Å². The second-order valence-electron chi connectivity index (χ2n) is 14.0. The van der Waals surface area contributed by atoms with Crippen LogP contribution in [-0.2, 0) is 23.7 Å². The molecule has 1 unspecified atom stereocenters. The molecule has 1 saturated heterocycles. The number of carbonyl (C=O) groups excluding carboxylic acids is 3. The first-order chi connectivity index (χ1) is 26.4. The fourth-order valence-electron chi connectivity index (χ4n) is 7.09. The standard InChI is InChI=1S/C42H38N8O5/c1-23(2)31-17-28(18-34-39(31)50(6)42(54)49(34)5)48(4)29-16-26(19-43)38(46-21-29)27-14-24(3)37(45-20-27)41(53)44-13-7-8-25-9-11-35-32(15-25)33(22-55-35)30-10-12-36(51)47-40(30)52/h9,11,14-18,20-23,30H,10,12-13H2,1-6H3,(H,44,53)(H,47,51,52). The number of imidazole rings is 1. The smallest absolute Gasteiger partial charge is 0.328 e. The van der Waals surface area contributed by atoms with Gasteiger partial charge in [-0.25, -0.2) is 4.79 Å². The molecular weight excluding hydrogens is 697 g/mol. The van der Waals surface area contributed by atoms with Crippen molar-refractivity contribution in [3.8, 4) is 29.2 Å². The minimum absolute atomic E-state index is 0.0619. The molecule has 7 rings (SSSR count). The highest BCUT2D eigenvalue weighted by molar-refractivity contribution is 6.03. The van der Waals surface area contributed by atoms with Gasteiger partial charge in [-0.15, -0.1) is 0 Å². The highest BCUT2D eigenvalue weighted by atomic mass is 16.3. The molecule has 55 heavy (non-hydrogen) atoms. The van der Waals surface area contributed by atoms with Gasteiger partial charge in [0.25, 0.3) is 5.91 Å². The number of anilines is 2. The number of rotatable bonds is 7. The first-order valence-corrected chi connectivity index (χ1v) is 17.8. The van der Waals surface area contributed by atoms with Gasteiger partial charge in [-0.1, -0.05) is 25.7 Å². The average molecular weight is 735 g/mol. The molecule has 1 aliphatic rings. The van der Waals surface area contributed by atoms with Gasteiger partial charge in [0, 0.05) is 61.5 Å².